The van der Waals surface area contributed by atoms with Gasteiger partial charge in [-0.05, 0) is 24.0 Å². The summed E-state index contributed by atoms with van der Waals surface area (Å²) in [5, 5.41) is 2.82. The van der Waals surface area contributed by atoms with Crippen LogP contribution in [0.3, 0.4) is 0 Å². The number of nitrogens with one attached hydrogen (secondary N) is 1. The molecule has 286 valence electrons. The van der Waals surface area contributed by atoms with E-state index in [-0.39, 0.29) is 26.1 Å². The molecule has 0 aromatic heterocycles. The molecule has 2 aromatic carbocycles. The van der Waals surface area contributed by atoms with Gasteiger partial charge in [0.25, 0.3) is 5.91 Å². The van der Waals surface area contributed by atoms with Crippen LogP contribution in [0.25, 0.3) is 0 Å². The van der Waals surface area contributed by atoms with Crippen molar-refractivity contribution >= 4 is 29.8 Å². The van der Waals surface area contributed by atoms with Crippen molar-refractivity contribution in [2.75, 3.05) is 19.9 Å². The maximum atomic E-state index is 14.0. The third kappa shape index (κ3) is 13.7. The second-order valence-corrected chi connectivity index (χ2v) is 13.8. The summed E-state index contributed by atoms with van der Waals surface area (Å²) in [4.78, 5) is 66.6. The number of imide groups is 1. The Morgan fingerprint density at radius 1 is 0.596 bits per heavy atom. The first kappa shape index (κ1) is 42.2. The van der Waals surface area contributed by atoms with Gasteiger partial charge in [0.1, 0.15) is 19.1 Å². The van der Waals surface area contributed by atoms with Crippen LogP contribution >= 0.6 is 0 Å². The number of ether oxygens (including phenoxy) is 3. The molecule has 52 heavy (non-hydrogen) atoms. The van der Waals surface area contributed by atoms with Gasteiger partial charge in [-0.1, -0.05) is 164 Å². The first-order valence-corrected chi connectivity index (χ1v) is 19.6. The number of hydrogen-bond acceptors (Lipinski definition) is 8. The Kier molecular flexibility index (Phi) is 19.6. The van der Waals surface area contributed by atoms with E-state index in [2.05, 4.69) is 19.2 Å². The Labute approximate surface area is 310 Å². The lowest BCUT2D eigenvalue weighted by Crippen LogP contribution is -2.45. The van der Waals surface area contributed by atoms with Gasteiger partial charge in [0.2, 0.25) is 0 Å². The molecule has 0 bridgehead atoms. The molecule has 1 aliphatic heterocycles. The lowest BCUT2D eigenvalue weighted by molar-refractivity contribution is -0.163. The Hall–Kier alpha value is -4.21. The predicted molar refractivity (Wildman–Crippen MR) is 200 cm³/mol. The zero-order valence-corrected chi connectivity index (χ0v) is 31.4. The number of urea groups is 1. The minimum absolute atomic E-state index is 0.221. The van der Waals surface area contributed by atoms with Gasteiger partial charge in [-0.15, -0.1) is 0 Å². The maximum absolute atomic E-state index is 14.0. The van der Waals surface area contributed by atoms with Crippen molar-refractivity contribution in [3.8, 4) is 0 Å². The predicted octanol–water partition coefficient (Wildman–Crippen LogP) is 8.75. The molecular formula is C42H60N2O8. The first-order chi connectivity index (χ1) is 25.3. The molecule has 0 aliphatic carbocycles. The summed E-state index contributed by atoms with van der Waals surface area (Å²) >= 11 is 0. The average molecular weight is 721 g/mol. The minimum Gasteiger partial charge on any atom is -0.465 e. The van der Waals surface area contributed by atoms with Crippen LogP contribution < -0.4 is 5.32 Å². The van der Waals surface area contributed by atoms with Crippen LogP contribution in [0.4, 0.5) is 4.79 Å². The highest BCUT2D eigenvalue weighted by molar-refractivity contribution is 6.09. The molecular weight excluding hydrogens is 660 g/mol. The molecule has 1 aliphatic rings. The number of hydrogen-bond donors (Lipinski definition) is 1. The number of carbonyl (C=O) groups excluding carboxylic acids is 5. The molecule has 0 atom stereocenters. The minimum atomic E-state index is -1.51. The van der Waals surface area contributed by atoms with Crippen molar-refractivity contribution in [3.63, 3.8) is 0 Å². The molecule has 0 radical (unpaired) electrons. The van der Waals surface area contributed by atoms with Crippen molar-refractivity contribution < 1.29 is 38.2 Å². The third-order valence-corrected chi connectivity index (χ3v) is 9.55. The number of rotatable bonds is 27. The summed E-state index contributed by atoms with van der Waals surface area (Å²) in [6.07, 6.45) is 17.8. The van der Waals surface area contributed by atoms with Crippen LogP contribution in [0.5, 0.6) is 0 Å². The van der Waals surface area contributed by atoms with E-state index in [9.17, 15) is 24.0 Å². The summed E-state index contributed by atoms with van der Waals surface area (Å²) in [5.41, 5.74) is -0.405. The van der Waals surface area contributed by atoms with E-state index < -0.39 is 48.0 Å². The lowest BCUT2D eigenvalue weighted by Gasteiger charge is -2.28. The highest BCUT2D eigenvalue weighted by atomic mass is 16.6. The van der Waals surface area contributed by atoms with Gasteiger partial charge in [0.05, 0.1) is 0 Å². The molecule has 1 N–H and O–H groups in total. The topological polar surface area (TPSA) is 128 Å². The number of esters is 3. The third-order valence-electron chi connectivity index (χ3n) is 9.55. The highest BCUT2D eigenvalue weighted by Crippen LogP contribution is 2.36. The fraction of sp³-hybridized carbons (Fsp3) is 0.595. The summed E-state index contributed by atoms with van der Waals surface area (Å²) in [7, 11) is 0. The van der Waals surface area contributed by atoms with Gasteiger partial charge < -0.3 is 19.5 Å². The van der Waals surface area contributed by atoms with Gasteiger partial charge in [-0.3, -0.25) is 19.2 Å². The van der Waals surface area contributed by atoms with E-state index in [1.54, 1.807) is 48.5 Å². The van der Waals surface area contributed by atoms with Gasteiger partial charge >= 0.3 is 23.9 Å². The van der Waals surface area contributed by atoms with Crippen LogP contribution in [0, 0.1) is 5.92 Å². The van der Waals surface area contributed by atoms with Crippen LogP contribution in [0.1, 0.15) is 141 Å². The van der Waals surface area contributed by atoms with Crippen molar-refractivity contribution in [2.45, 2.75) is 135 Å². The van der Waals surface area contributed by atoms with Gasteiger partial charge in [-0.2, -0.15) is 0 Å². The fourth-order valence-electron chi connectivity index (χ4n) is 6.40. The molecule has 10 nitrogen and oxygen atoms in total. The normalized spacial score (nSPS) is 13.6. The van der Waals surface area contributed by atoms with Gasteiger partial charge in [0, 0.05) is 12.8 Å². The molecule has 0 saturated carbocycles. The monoisotopic (exact) mass is 720 g/mol. The molecule has 2 aromatic rings. The Morgan fingerprint density at radius 3 is 1.42 bits per heavy atom. The zero-order chi connectivity index (χ0) is 37.4. The van der Waals surface area contributed by atoms with E-state index in [4.69, 9.17) is 14.2 Å². The number of benzene rings is 2. The van der Waals surface area contributed by atoms with Crippen LogP contribution in [0.2, 0.25) is 0 Å². The van der Waals surface area contributed by atoms with E-state index in [0.29, 0.717) is 24.0 Å². The number of amides is 3. The molecule has 3 amide bonds. The molecule has 3 rings (SSSR count). The molecule has 1 saturated heterocycles. The zero-order valence-electron chi connectivity index (χ0n) is 31.4. The van der Waals surface area contributed by atoms with Crippen molar-refractivity contribution in [3.05, 3.63) is 71.8 Å². The van der Waals surface area contributed by atoms with Crippen molar-refractivity contribution in [1.29, 1.82) is 0 Å². The van der Waals surface area contributed by atoms with Crippen LogP contribution in [0.15, 0.2) is 60.7 Å². The van der Waals surface area contributed by atoms with Crippen molar-refractivity contribution in [2.24, 2.45) is 5.92 Å². The van der Waals surface area contributed by atoms with Crippen LogP contribution in [-0.4, -0.2) is 54.7 Å². The summed E-state index contributed by atoms with van der Waals surface area (Å²) in [6, 6.07) is 17.0. The maximum Gasteiger partial charge on any atom is 0.328 e. The number of unbranched alkanes of at least 4 members (excludes halogenated alkanes) is 14. The van der Waals surface area contributed by atoms with E-state index >= 15 is 0 Å². The summed E-state index contributed by atoms with van der Waals surface area (Å²) < 4.78 is 16.4. The first-order valence-electron chi connectivity index (χ1n) is 19.6. The lowest BCUT2D eigenvalue weighted by atomic mass is 9.83. The van der Waals surface area contributed by atoms with E-state index in [0.717, 1.165) is 43.4 Å². The highest BCUT2D eigenvalue weighted by Gasteiger charge is 2.54. The molecule has 1 fully saturated rings. The van der Waals surface area contributed by atoms with Crippen molar-refractivity contribution in [1.82, 2.24) is 10.2 Å². The van der Waals surface area contributed by atoms with E-state index in [1.165, 1.54) is 51.4 Å². The fourth-order valence-corrected chi connectivity index (χ4v) is 6.40. The molecule has 10 heteroatoms. The molecule has 0 spiro atoms. The average Bonchev–Trinajstić information content (AvgIpc) is 3.42. The summed E-state index contributed by atoms with van der Waals surface area (Å²) in [6.45, 7) is 3.01. The second-order valence-electron chi connectivity index (χ2n) is 13.8. The van der Waals surface area contributed by atoms with Crippen LogP contribution in [-0.2, 0) is 38.9 Å². The largest absolute Gasteiger partial charge is 0.465 e. The smallest absolute Gasteiger partial charge is 0.328 e. The van der Waals surface area contributed by atoms with Gasteiger partial charge in [0.15, 0.2) is 12.3 Å². The Balaban J connectivity index is 1.57. The summed E-state index contributed by atoms with van der Waals surface area (Å²) in [5.74, 6) is -3.47. The quantitative estimate of drug-likeness (QED) is 0.0420. The SMILES string of the molecule is CCCCCCCCCCC(=O)OCC(COC(=O)CCCCCCCCCC)C(=O)OCN1C(=O)NC(c2ccccc2)(c2ccccc2)C1=O. The van der Waals surface area contributed by atoms with E-state index in [1.807, 2.05) is 12.1 Å². The number of nitrogens with zero attached hydrogens (tertiary/aromatic N) is 1. The molecule has 1 heterocycles. The standard InChI is InChI=1S/C42H60N2O8/c1-3-5-7-9-11-13-15-23-29-37(45)50-31-34(32-51-38(46)30-24-16-14-12-10-8-6-4-2)39(47)52-33-44-40(48)42(43-41(44)49,35-25-19-17-20-26-35)36-27-21-18-22-28-36/h17-22,25-28,34H,3-16,23-24,29-33H2,1-2H3,(H,43,49). The second kappa shape index (κ2) is 24.1. The van der Waals surface area contributed by atoms with Gasteiger partial charge in [-0.25, -0.2) is 9.69 Å². The Bertz CT molecular complexity index is 1290. The molecule has 0 unspecified atom stereocenters. The Morgan fingerprint density at radius 2 is 1.00 bits per heavy atom. The number of carbonyl (C=O) groups is 5.